The highest BCUT2D eigenvalue weighted by Crippen LogP contribution is 2.30. The number of carbonyl (C=O) groups excluding carboxylic acids is 1. The van der Waals surface area contributed by atoms with E-state index in [4.69, 9.17) is 0 Å². The van der Waals surface area contributed by atoms with Gasteiger partial charge in [-0.05, 0) is 44.5 Å². The maximum Gasteiger partial charge on any atom is 0.416 e. The van der Waals surface area contributed by atoms with Crippen LogP contribution in [0, 0.1) is 6.92 Å². The van der Waals surface area contributed by atoms with Gasteiger partial charge in [0.05, 0.1) is 5.56 Å². The Hall–Kier alpha value is -1.58. The molecule has 0 unspecified atom stereocenters. The van der Waals surface area contributed by atoms with E-state index in [9.17, 15) is 18.0 Å². The van der Waals surface area contributed by atoms with Gasteiger partial charge in [-0.1, -0.05) is 11.6 Å². The monoisotopic (exact) mass is 242 g/mol. The Morgan fingerprint density at radius 1 is 1.24 bits per heavy atom. The Kier molecular flexibility index (Phi) is 3.76. The summed E-state index contributed by atoms with van der Waals surface area (Å²) in [6.45, 7) is 5.02. The highest BCUT2D eigenvalue weighted by molar-refractivity contribution is 6.05. The van der Waals surface area contributed by atoms with E-state index in [1.165, 1.54) is 19.1 Å². The summed E-state index contributed by atoms with van der Waals surface area (Å²) in [4.78, 5) is 11.7. The van der Waals surface area contributed by atoms with Crippen molar-refractivity contribution in [3.63, 3.8) is 0 Å². The van der Waals surface area contributed by atoms with Gasteiger partial charge in [0.25, 0.3) is 0 Å². The lowest BCUT2D eigenvalue weighted by atomic mass is 10.0. The lowest BCUT2D eigenvalue weighted by Crippen LogP contribution is -2.07. The van der Waals surface area contributed by atoms with E-state index in [0.29, 0.717) is 11.1 Å². The zero-order chi connectivity index (χ0) is 13.2. The van der Waals surface area contributed by atoms with Crippen LogP contribution in [-0.2, 0) is 6.18 Å². The summed E-state index contributed by atoms with van der Waals surface area (Å²) in [5.41, 5.74) is 0.722. The van der Waals surface area contributed by atoms with Gasteiger partial charge in [0.2, 0.25) is 0 Å². The molecule has 0 bridgehead atoms. The summed E-state index contributed by atoms with van der Waals surface area (Å²) in [7, 11) is 0. The van der Waals surface area contributed by atoms with E-state index in [-0.39, 0.29) is 5.78 Å². The Morgan fingerprint density at radius 3 is 2.24 bits per heavy atom. The molecule has 0 amide bonds. The normalized spacial score (nSPS) is 11.2. The second kappa shape index (κ2) is 4.73. The molecule has 1 aromatic rings. The van der Waals surface area contributed by atoms with E-state index >= 15 is 0 Å². The Labute approximate surface area is 98.0 Å². The number of carbonyl (C=O) groups is 1. The number of hydrogen-bond donors (Lipinski definition) is 0. The molecule has 0 saturated heterocycles. The van der Waals surface area contributed by atoms with Gasteiger partial charge >= 0.3 is 6.18 Å². The van der Waals surface area contributed by atoms with E-state index in [1.54, 1.807) is 13.8 Å². The van der Waals surface area contributed by atoms with Crippen molar-refractivity contribution >= 4 is 5.78 Å². The molecular formula is C13H13F3O. The quantitative estimate of drug-likeness (QED) is 0.562. The molecule has 92 valence electrons. The van der Waals surface area contributed by atoms with Gasteiger partial charge in [-0.2, -0.15) is 13.2 Å². The second-order valence-corrected chi connectivity index (χ2v) is 4.11. The Bertz CT molecular complexity index is 466. The standard InChI is InChI=1S/C13H13F3O/c1-8(2)6-12(17)11-5-4-10(7-9(11)3)13(14,15)16/h4-7H,1-3H3. The summed E-state index contributed by atoms with van der Waals surface area (Å²) in [5.74, 6) is -0.267. The number of rotatable bonds is 2. The van der Waals surface area contributed by atoms with Gasteiger partial charge in [0.1, 0.15) is 0 Å². The van der Waals surface area contributed by atoms with Crippen LogP contribution in [0.5, 0.6) is 0 Å². The van der Waals surface area contributed by atoms with Gasteiger partial charge in [-0.25, -0.2) is 0 Å². The number of halogens is 3. The number of aryl methyl sites for hydroxylation is 1. The maximum absolute atomic E-state index is 12.4. The minimum Gasteiger partial charge on any atom is -0.289 e. The van der Waals surface area contributed by atoms with Crippen molar-refractivity contribution in [2.24, 2.45) is 0 Å². The molecular weight excluding hydrogens is 229 g/mol. The van der Waals surface area contributed by atoms with Crippen molar-refractivity contribution in [3.8, 4) is 0 Å². The van der Waals surface area contributed by atoms with E-state index < -0.39 is 11.7 Å². The van der Waals surface area contributed by atoms with Crippen LogP contribution in [0.1, 0.15) is 35.3 Å². The first kappa shape index (κ1) is 13.5. The molecule has 0 saturated carbocycles. The third kappa shape index (κ3) is 3.44. The molecule has 0 aliphatic rings. The summed E-state index contributed by atoms with van der Waals surface area (Å²) in [5, 5.41) is 0. The van der Waals surface area contributed by atoms with Gasteiger partial charge < -0.3 is 0 Å². The van der Waals surface area contributed by atoms with Crippen LogP contribution in [0.3, 0.4) is 0 Å². The lowest BCUT2D eigenvalue weighted by Gasteiger charge is -2.09. The van der Waals surface area contributed by atoms with Crippen LogP contribution in [0.4, 0.5) is 13.2 Å². The van der Waals surface area contributed by atoms with Crippen molar-refractivity contribution < 1.29 is 18.0 Å². The molecule has 17 heavy (non-hydrogen) atoms. The minimum absolute atomic E-state index is 0.267. The number of benzene rings is 1. The van der Waals surface area contributed by atoms with Crippen LogP contribution in [0.25, 0.3) is 0 Å². The number of alkyl halides is 3. The summed E-state index contributed by atoms with van der Waals surface area (Å²) >= 11 is 0. The summed E-state index contributed by atoms with van der Waals surface area (Å²) < 4.78 is 37.2. The topological polar surface area (TPSA) is 17.1 Å². The zero-order valence-electron chi connectivity index (χ0n) is 9.85. The van der Waals surface area contributed by atoms with Gasteiger partial charge in [-0.15, -0.1) is 0 Å². The lowest BCUT2D eigenvalue weighted by molar-refractivity contribution is -0.137. The molecule has 0 radical (unpaired) electrons. The first-order valence-corrected chi connectivity index (χ1v) is 5.09. The predicted octanol–water partition coefficient (Wildman–Crippen LogP) is 4.16. The Morgan fingerprint density at radius 2 is 1.82 bits per heavy atom. The molecule has 0 aliphatic heterocycles. The van der Waals surface area contributed by atoms with E-state index in [0.717, 1.165) is 17.7 Å². The highest BCUT2D eigenvalue weighted by atomic mass is 19.4. The van der Waals surface area contributed by atoms with Crippen LogP contribution in [0.2, 0.25) is 0 Å². The Balaban J connectivity index is 3.15. The largest absolute Gasteiger partial charge is 0.416 e. The minimum atomic E-state index is -4.37. The fourth-order valence-electron chi connectivity index (χ4n) is 1.46. The molecule has 0 atom stereocenters. The van der Waals surface area contributed by atoms with Crippen molar-refractivity contribution in [2.75, 3.05) is 0 Å². The molecule has 1 nitrogen and oxygen atoms in total. The predicted molar refractivity (Wildman–Crippen MR) is 59.9 cm³/mol. The molecule has 1 aromatic carbocycles. The van der Waals surface area contributed by atoms with Gasteiger partial charge in [0, 0.05) is 5.56 Å². The molecule has 0 heterocycles. The van der Waals surface area contributed by atoms with Crippen molar-refractivity contribution in [1.29, 1.82) is 0 Å². The number of ketones is 1. The first-order valence-electron chi connectivity index (χ1n) is 5.09. The smallest absolute Gasteiger partial charge is 0.289 e. The molecule has 0 spiro atoms. The highest BCUT2D eigenvalue weighted by Gasteiger charge is 2.30. The van der Waals surface area contributed by atoms with Gasteiger partial charge in [-0.3, -0.25) is 4.79 Å². The molecule has 0 N–H and O–H groups in total. The zero-order valence-corrected chi connectivity index (χ0v) is 9.85. The van der Waals surface area contributed by atoms with Crippen molar-refractivity contribution in [1.82, 2.24) is 0 Å². The fraction of sp³-hybridized carbons (Fsp3) is 0.308. The van der Waals surface area contributed by atoms with Crippen LogP contribution < -0.4 is 0 Å². The second-order valence-electron chi connectivity index (χ2n) is 4.11. The molecule has 0 aliphatic carbocycles. The van der Waals surface area contributed by atoms with Crippen LogP contribution in [0.15, 0.2) is 29.8 Å². The average molecular weight is 242 g/mol. The van der Waals surface area contributed by atoms with E-state index in [2.05, 4.69) is 0 Å². The molecule has 0 aromatic heterocycles. The number of hydrogen-bond acceptors (Lipinski definition) is 1. The third-order valence-electron chi connectivity index (χ3n) is 2.24. The van der Waals surface area contributed by atoms with Gasteiger partial charge in [0.15, 0.2) is 5.78 Å². The van der Waals surface area contributed by atoms with Crippen LogP contribution >= 0.6 is 0 Å². The fourth-order valence-corrected chi connectivity index (χ4v) is 1.46. The first-order chi connectivity index (χ1) is 7.71. The molecule has 1 rings (SSSR count). The third-order valence-corrected chi connectivity index (χ3v) is 2.24. The van der Waals surface area contributed by atoms with Crippen LogP contribution in [-0.4, -0.2) is 5.78 Å². The SMILES string of the molecule is CC(C)=CC(=O)c1ccc(C(F)(F)F)cc1C. The average Bonchev–Trinajstić information content (AvgIpc) is 2.14. The van der Waals surface area contributed by atoms with E-state index in [1.807, 2.05) is 0 Å². The number of allylic oxidation sites excluding steroid dienone is 2. The van der Waals surface area contributed by atoms with Crippen molar-refractivity contribution in [3.05, 3.63) is 46.5 Å². The maximum atomic E-state index is 12.4. The van der Waals surface area contributed by atoms with Crippen molar-refractivity contribution in [2.45, 2.75) is 26.9 Å². The molecule has 4 heteroatoms. The summed E-state index contributed by atoms with van der Waals surface area (Å²) in [6, 6.07) is 3.14. The molecule has 0 fully saturated rings. The summed E-state index contributed by atoms with van der Waals surface area (Å²) in [6.07, 6.45) is -2.96.